The highest BCUT2D eigenvalue weighted by Crippen LogP contribution is 2.30. The Labute approximate surface area is 157 Å². The van der Waals surface area contributed by atoms with Gasteiger partial charge in [-0.15, -0.1) is 22.7 Å². The molecule has 0 bridgehead atoms. The van der Waals surface area contributed by atoms with Gasteiger partial charge in [-0.25, -0.2) is 9.97 Å². The number of carbonyl (C=O) groups excluding carboxylic acids is 1. The average Bonchev–Trinajstić information content (AvgIpc) is 3.35. The summed E-state index contributed by atoms with van der Waals surface area (Å²) in [4.78, 5) is 22.9. The molecule has 0 aromatic carbocycles. The third-order valence-corrected chi connectivity index (χ3v) is 5.64. The second kappa shape index (κ2) is 6.62. The minimum absolute atomic E-state index is 0.244. The SMILES string of the molecule is Cc1noc2nc(-c3cccs3)cc(C(=O)Nc3nc(C(C)C)cs3)c12. The number of pyridine rings is 1. The number of rotatable bonds is 4. The van der Waals surface area contributed by atoms with Crippen molar-refractivity contribution in [3.05, 3.63) is 45.9 Å². The number of nitrogens with zero attached hydrogens (tertiary/aromatic N) is 3. The zero-order valence-electron chi connectivity index (χ0n) is 14.4. The summed E-state index contributed by atoms with van der Waals surface area (Å²) in [6.07, 6.45) is 0. The predicted octanol–water partition coefficient (Wildman–Crippen LogP) is 5.09. The summed E-state index contributed by atoms with van der Waals surface area (Å²) in [7, 11) is 0. The van der Waals surface area contributed by atoms with E-state index < -0.39 is 0 Å². The number of nitrogens with one attached hydrogen (secondary N) is 1. The molecule has 1 amide bonds. The van der Waals surface area contributed by atoms with Gasteiger partial charge in [0.15, 0.2) is 5.13 Å². The Bertz CT molecular complexity index is 1080. The van der Waals surface area contributed by atoms with E-state index in [0.29, 0.717) is 39.1 Å². The Kier molecular flexibility index (Phi) is 4.29. The van der Waals surface area contributed by atoms with Gasteiger partial charge in [-0.2, -0.15) is 0 Å². The number of thiophene rings is 1. The van der Waals surface area contributed by atoms with E-state index in [0.717, 1.165) is 10.6 Å². The molecule has 6 nitrogen and oxygen atoms in total. The lowest BCUT2D eigenvalue weighted by atomic mass is 10.1. The highest BCUT2D eigenvalue weighted by Gasteiger charge is 2.20. The van der Waals surface area contributed by atoms with Crippen molar-refractivity contribution in [2.45, 2.75) is 26.7 Å². The minimum Gasteiger partial charge on any atom is -0.335 e. The van der Waals surface area contributed by atoms with E-state index in [9.17, 15) is 4.79 Å². The molecule has 0 spiro atoms. The second-order valence-electron chi connectivity index (χ2n) is 6.17. The molecule has 0 aliphatic rings. The molecule has 0 aliphatic heterocycles. The summed E-state index contributed by atoms with van der Waals surface area (Å²) in [6, 6.07) is 5.68. The van der Waals surface area contributed by atoms with Crippen LogP contribution in [0.1, 0.15) is 41.5 Å². The van der Waals surface area contributed by atoms with Crippen LogP contribution in [0.2, 0.25) is 0 Å². The molecule has 0 fully saturated rings. The number of carbonyl (C=O) groups is 1. The monoisotopic (exact) mass is 384 g/mol. The third kappa shape index (κ3) is 3.02. The molecule has 4 heterocycles. The zero-order valence-corrected chi connectivity index (χ0v) is 16.1. The van der Waals surface area contributed by atoms with Crippen molar-refractivity contribution in [1.82, 2.24) is 15.1 Å². The largest absolute Gasteiger partial charge is 0.335 e. The number of thiazole rings is 1. The van der Waals surface area contributed by atoms with Gasteiger partial charge in [-0.1, -0.05) is 25.1 Å². The molecule has 0 radical (unpaired) electrons. The molecule has 0 atom stereocenters. The summed E-state index contributed by atoms with van der Waals surface area (Å²) < 4.78 is 5.31. The molecule has 0 aliphatic carbocycles. The van der Waals surface area contributed by atoms with Gasteiger partial charge in [-0.05, 0) is 30.4 Å². The molecule has 8 heteroatoms. The number of amides is 1. The van der Waals surface area contributed by atoms with E-state index in [2.05, 4.69) is 34.3 Å². The van der Waals surface area contributed by atoms with Gasteiger partial charge in [0.05, 0.1) is 32.9 Å². The maximum absolute atomic E-state index is 12.9. The van der Waals surface area contributed by atoms with E-state index in [-0.39, 0.29) is 5.91 Å². The van der Waals surface area contributed by atoms with Crippen LogP contribution >= 0.6 is 22.7 Å². The maximum atomic E-state index is 12.9. The zero-order chi connectivity index (χ0) is 18.3. The number of aromatic nitrogens is 3. The van der Waals surface area contributed by atoms with Crippen molar-refractivity contribution in [2.75, 3.05) is 5.32 Å². The van der Waals surface area contributed by atoms with Crippen LogP contribution in [-0.2, 0) is 0 Å². The number of aryl methyl sites for hydroxylation is 1. The lowest BCUT2D eigenvalue weighted by Crippen LogP contribution is -2.13. The van der Waals surface area contributed by atoms with Crippen molar-refractivity contribution < 1.29 is 9.32 Å². The van der Waals surface area contributed by atoms with Crippen LogP contribution in [0.25, 0.3) is 21.7 Å². The number of fused-ring (bicyclic) bond motifs is 1. The average molecular weight is 384 g/mol. The highest BCUT2D eigenvalue weighted by molar-refractivity contribution is 7.14. The van der Waals surface area contributed by atoms with Crippen molar-refractivity contribution in [2.24, 2.45) is 0 Å². The maximum Gasteiger partial charge on any atom is 0.259 e. The molecular formula is C18H16N4O2S2. The van der Waals surface area contributed by atoms with Crippen molar-refractivity contribution in [1.29, 1.82) is 0 Å². The molecule has 132 valence electrons. The minimum atomic E-state index is -0.244. The van der Waals surface area contributed by atoms with E-state index in [1.54, 1.807) is 24.3 Å². The van der Waals surface area contributed by atoms with Gasteiger partial charge < -0.3 is 4.52 Å². The standard InChI is InChI=1S/C18H16N4O2S2/c1-9(2)13-8-26-18(20-13)21-16(23)11-7-12(14-5-4-6-25-14)19-17-15(11)10(3)22-24-17/h4-9H,1-3H3,(H,20,21,23). The highest BCUT2D eigenvalue weighted by atomic mass is 32.1. The molecule has 4 aromatic rings. The van der Waals surface area contributed by atoms with Gasteiger partial charge in [0.1, 0.15) is 0 Å². The Hall–Kier alpha value is -2.58. The van der Waals surface area contributed by atoms with E-state index >= 15 is 0 Å². The van der Waals surface area contributed by atoms with Crippen LogP contribution in [-0.4, -0.2) is 21.0 Å². The van der Waals surface area contributed by atoms with Gasteiger partial charge in [0, 0.05) is 5.38 Å². The summed E-state index contributed by atoms with van der Waals surface area (Å²) in [6.45, 7) is 5.94. The van der Waals surface area contributed by atoms with Gasteiger partial charge in [-0.3, -0.25) is 10.1 Å². The first kappa shape index (κ1) is 16.9. The summed E-state index contributed by atoms with van der Waals surface area (Å²) in [5.74, 6) is 0.0708. The third-order valence-electron chi connectivity index (χ3n) is 3.97. The summed E-state index contributed by atoms with van der Waals surface area (Å²) >= 11 is 2.97. The normalized spacial score (nSPS) is 11.4. The fourth-order valence-corrected chi connectivity index (χ4v) is 4.15. The Morgan fingerprint density at radius 3 is 2.81 bits per heavy atom. The smallest absolute Gasteiger partial charge is 0.259 e. The van der Waals surface area contributed by atoms with Crippen LogP contribution in [0.15, 0.2) is 33.5 Å². The molecule has 0 saturated carbocycles. The second-order valence-corrected chi connectivity index (χ2v) is 7.97. The molecule has 4 aromatic heterocycles. The van der Waals surface area contributed by atoms with E-state index in [4.69, 9.17) is 4.52 Å². The quantitative estimate of drug-likeness (QED) is 0.530. The molecule has 0 unspecified atom stereocenters. The fraction of sp³-hybridized carbons (Fsp3) is 0.222. The Morgan fingerprint density at radius 1 is 1.27 bits per heavy atom. The summed E-state index contributed by atoms with van der Waals surface area (Å²) in [5, 5.41) is 12.0. The van der Waals surface area contributed by atoms with Crippen LogP contribution in [0.3, 0.4) is 0 Å². The van der Waals surface area contributed by atoms with Crippen LogP contribution in [0.5, 0.6) is 0 Å². The lowest BCUT2D eigenvalue weighted by molar-refractivity contribution is 0.102. The van der Waals surface area contributed by atoms with E-state index in [1.165, 1.54) is 11.3 Å². The Morgan fingerprint density at radius 2 is 2.12 bits per heavy atom. The first-order valence-electron chi connectivity index (χ1n) is 8.10. The van der Waals surface area contributed by atoms with Crippen molar-refractivity contribution in [3.8, 4) is 10.6 Å². The number of hydrogen-bond acceptors (Lipinski definition) is 7. The fourth-order valence-electron chi connectivity index (χ4n) is 2.60. The van der Waals surface area contributed by atoms with E-state index in [1.807, 2.05) is 22.9 Å². The summed E-state index contributed by atoms with van der Waals surface area (Å²) in [5.41, 5.74) is 3.14. The molecule has 26 heavy (non-hydrogen) atoms. The predicted molar refractivity (Wildman–Crippen MR) is 104 cm³/mol. The van der Waals surface area contributed by atoms with Crippen LogP contribution < -0.4 is 5.32 Å². The Balaban J connectivity index is 1.76. The molecule has 1 N–H and O–H groups in total. The molecular weight excluding hydrogens is 368 g/mol. The number of hydrogen-bond donors (Lipinski definition) is 1. The van der Waals surface area contributed by atoms with Crippen molar-refractivity contribution in [3.63, 3.8) is 0 Å². The molecule has 0 saturated heterocycles. The van der Waals surface area contributed by atoms with Gasteiger partial charge in [0.25, 0.3) is 11.6 Å². The lowest BCUT2D eigenvalue weighted by Gasteiger charge is -2.06. The topological polar surface area (TPSA) is 80.9 Å². The number of anilines is 1. The molecule has 4 rings (SSSR count). The van der Waals surface area contributed by atoms with Gasteiger partial charge >= 0.3 is 0 Å². The van der Waals surface area contributed by atoms with Crippen LogP contribution in [0.4, 0.5) is 5.13 Å². The first-order chi connectivity index (χ1) is 12.5. The van der Waals surface area contributed by atoms with Gasteiger partial charge in [0.2, 0.25) is 0 Å². The van der Waals surface area contributed by atoms with Crippen LogP contribution in [0, 0.1) is 6.92 Å². The first-order valence-corrected chi connectivity index (χ1v) is 9.86. The van der Waals surface area contributed by atoms with Crippen molar-refractivity contribution >= 4 is 44.8 Å².